The van der Waals surface area contributed by atoms with Gasteiger partial charge in [0.25, 0.3) is 10.1 Å². The van der Waals surface area contributed by atoms with Gasteiger partial charge in [-0.05, 0) is 58.8 Å². The molecular formula is C30H23ClN8O6S2. The first-order chi connectivity index (χ1) is 22.3. The quantitative estimate of drug-likeness (QED) is 0.0766. The predicted molar refractivity (Wildman–Crippen MR) is 180 cm³/mol. The second-order valence-corrected chi connectivity index (χ2v) is 13.6. The average Bonchev–Trinajstić information content (AvgIpc) is 2.99. The van der Waals surface area contributed by atoms with E-state index >= 15 is 0 Å². The Morgan fingerprint density at radius 1 is 0.745 bits per heavy atom. The number of hydrogen-bond acceptors (Lipinski definition) is 12. The van der Waals surface area contributed by atoms with E-state index in [0.717, 1.165) is 23.1 Å². The molecule has 0 spiro atoms. The zero-order valence-electron chi connectivity index (χ0n) is 24.1. The van der Waals surface area contributed by atoms with Crippen molar-refractivity contribution in [2.75, 3.05) is 21.6 Å². The van der Waals surface area contributed by atoms with Crippen molar-refractivity contribution in [3.8, 4) is 5.75 Å². The number of rotatable bonds is 9. The van der Waals surface area contributed by atoms with Gasteiger partial charge in [0, 0.05) is 16.5 Å². The van der Waals surface area contributed by atoms with Crippen LogP contribution in [0.1, 0.15) is 0 Å². The number of phenols is 1. The zero-order chi connectivity index (χ0) is 33.3. The molecule has 0 bridgehead atoms. The zero-order valence-corrected chi connectivity index (χ0v) is 26.5. The van der Waals surface area contributed by atoms with Crippen LogP contribution in [-0.4, -0.2) is 47.7 Å². The van der Waals surface area contributed by atoms with Crippen LogP contribution >= 0.6 is 11.6 Å². The Labute approximate surface area is 273 Å². The maximum absolute atomic E-state index is 12.4. The normalized spacial score (nSPS) is 12.1. The molecule has 0 unspecified atom stereocenters. The monoisotopic (exact) mass is 690 g/mol. The smallest absolute Gasteiger partial charge is 0.296 e. The van der Waals surface area contributed by atoms with Crippen molar-refractivity contribution in [2.24, 2.45) is 10.2 Å². The van der Waals surface area contributed by atoms with E-state index in [9.17, 15) is 26.5 Å². The Kier molecular flexibility index (Phi) is 8.33. The van der Waals surface area contributed by atoms with E-state index in [1.165, 1.54) is 12.1 Å². The minimum atomic E-state index is -4.85. The minimum Gasteiger partial charge on any atom is -0.505 e. The molecule has 1 aromatic heterocycles. The van der Waals surface area contributed by atoms with Crippen molar-refractivity contribution in [3.63, 3.8) is 0 Å². The summed E-state index contributed by atoms with van der Waals surface area (Å²) < 4.78 is 60.5. The summed E-state index contributed by atoms with van der Waals surface area (Å²) >= 11 is 6.18. The third-order valence-electron chi connectivity index (χ3n) is 6.66. The minimum absolute atomic E-state index is 0.00620. The lowest BCUT2D eigenvalue weighted by atomic mass is 10.1. The second-order valence-electron chi connectivity index (χ2n) is 10.1. The molecule has 14 nitrogen and oxygen atoms in total. The molecule has 1 heterocycles. The molecule has 5 N–H and O–H groups in total. The number of phenolic OH excluding ortho intramolecular Hbond substituents is 1. The highest BCUT2D eigenvalue weighted by atomic mass is 35.5. The molecule has 238 valence electrons. The average molecular weight is 691 g/mol. The number of benzene rings is 5. The van der Waals surface area contributed by atoms with E-state index in [0.29, 0.717) is 17.1 Å². The van der Waals surface area contributed by atoms with Crippen molar-refractivity contribution in [1.29, 1.82) is 0 Å². The third kappa shape index (κ3) is 7.20. The van der Waals surface area contributed by atoms with Gasteiger partial charge < -0.3 is 15.7 Å². The fraction of sp³-hybridized carbons (Fsp3) is 0.0333. The summed E-state index contributed by atoms with van der Waals surface area (Å²) in [6.45, 7) is 0. The lowest BCUT2D eigenvalue weighted by Gasteiger charge is -2.14. The fourth-order valence-electron chi connectivity index (χ4n) is 4.78. The topological polar surface area (TPSA) is 208 Å². The SMILES string of the molecule is CS(=O)(=O)Nc1cccc(Nc2nc(Cl)nc(Nc3cccc4cc(S(=O)(=O)O)c(N=Nc5cccc6ccccc56)c(O)c34)n2)c1. The number of halogens is 1. The molecule has 0 fully saturated rings. The number of anilines is 5. The Morgan fingerprint density at radius 3 is 2.17 bits per heavy atom. The predicted octanol–water partition coefficient (Wildman–Crippen LogP) is 7.06. The molecule has 0 aliphatic heterocycles. The van der Waals surface area contributed by atoms with Gasteiger partial charge in [0.1, 0.15) is 10.6 Å². The standard InChI is InChI=1S/C30H23ClN8O6S2/c1-46(41,42)39-20-11-6-10-19(16-20)32-29-34-28(31)35-30(36-29)33-23-14-5-9-18-15-24(47(43,44)45)26(27(40)25(18)23)38-37-22-13-4-8-17-7-2-3-12-21(17)22/h2-16,39-40H,1H3,(H,43,44,45)(H2,32,33,34,35,36). The number of nitrogens with zero attached hydrogens (tertiary/aromatic N) is 5. The van der Waals surface area contributed by atoms with Crippen LogP contribution in [0.15, 0.2) is 106 Å². The first-order valence-corrected chi connectivity index (χ1v) is 17.2. The number of nitrogens with one attached hydrogen (secondary N) is 3. The van der Waals surface area contributed by atoms with Gasteiger partial charge in [-0.2, -0.15) is 23.4 Å². The summed E-state index contributed by atoms with van der Waals surface area (Å²) in [5.41, 5.74) is 0.901. The Balaban J connectivity index is 1.39. The van der Waals surface area contributed by atoms with Gasteiger partial charge in [-0.1, -0.05) is 54.6 Å². The lowest BCUT2D eigenvalue weighted by molar-refractivity contribution is 0.472. The van der Waals surface area contributed by atoms with Gasteiger partial charge in [-0.15, -0.1) is 10.2 Å². The molecule has 0 aliphatic rings. The molecular weight excluding hydrogens is 668 g/mol. The van der Waals surface area contributed by atoms with Gasteiger partial charge >= 0.3 is 0 Å². The van der Waals surface area contributed by atoms with E-state index in [2.05, 4.69) is 40.5 Å². The summed E-state index contributed by atoms with van der Waals surface area (Å²) in [4.78, 5) is 11.8. The van der Waals surface area contributed by atoms with Crippen LogP contribution in [0, 0.1) is 0 Å². The van der Waals surface area contributed by atoms with Crippen LogP contribution < -0.4 is 15.4 Å². The van der Waals surface area contributed by atoms with Crippen LogP contribution in [0.2, 0.25) is 5.28 Å². The number of hydrogen-bond donors (Lipinski definition) is 5. The maximum Gasteiger partial charge on any atom is 0.296 e. The first-order valence-electron chi connectivity index (χ1n) is 13.5. The van der Waals surface area contributed by atoms with E-state index < -0.39 is 36.5 Å². The summed E-state index contributed by atoms with van der Waals surface area (Å²) in [6, 6.07) is 24.9. The van der Waals surface area contributed by atoms with Crippen molar-refractivity contribution in [2.45, 2.75) is 4.90 Å². The van der Waals surface area contributed by atoms with E-state index in [4.69, 9.17) is 11.6 Å². The molecule has 0 saturated carbocycles. The molecule has 6 aromatic rings. The molecule has 0 aliphatic carbocycles. The first kappa shape index (κ1) is 31.6. The molecule has 17 heteroatoms. The van der Waals surface area contributed by atoms with Crippen LogP contribution in [-0.2, 0) is 20.1 Å². The molecule has 0 radical (unpaired) electrons. The summed E-state index contributed by atoms with van der Waals surface area (Å²) in [6.07, 6.45) is 1.03. The van der Waals surface area contributed by atoms with Crippen molar-refractivity contribution < 1.29 is 26.5 Å². The van der Waals surface area contributed by atoms with Crippen molar-refractivity contribution >= 4 is 93.6 Å². The van der Waals surface area contributed by atoms with E-state index in [-0.39, 0.29) is 33.6 Å². The highest BCUT2D eigenvalue weighted by Gasteiger charge is 2.24. The van der Waals surface area contributed by atoms with Gasteiger partial charge in [-0.25, -0.2) is 8.42 Å². The maximum atomic E-state index is 12.4. The molecule has 0 amide bonds. The number of aromatic nitrogens is 3. The Morgan fingerprint density at radius 2 is 1.40 bits per heavy atom. The lowest BCUT2D eigenvalue weighted by Crippen LogP contribution is -2.09. The Hall–Kier alpha value is -5.42. The highest BCUT2D eigenvalue weighted by molar-refractivity contribution is 7.92. The van der Waals surface area contributed by atoms with Crippen LogP contribution in [0.4, 0.5) is 40.3 Å². The van der Waals surface area contributed by atoms with E-state index in [1.54, 1.807) is 42.5 Å². The third-order valence-corrected chi connectivity index (χ3v) is 8.30. The fourth-order valence-corrected chi connectivity index (χ4v) is 6.16. The number of aromatic hydroxyl groups is 1. The number of fused-ring (bicyclic) bond motifs is 2. The number of azo groups is 1. The largest absolute Gasteiger partial charge is 0.505 e. The van der Waals surface area contributed by atoms with Crippen LogP contribution in [0.25, 0.3) is 21.5 Å². The molecule has 6 rings (SSSR count). The second kappa shape index (κ2) is 12.4. The Bertz CT molecular complexity index is 2440. The summed E-state index contributed by atoms with van der Waals surface area (Å²) in [5.74, 6) is -0.634. The highest BCUT2D eigenvalue weighted by Crippen LogP contribution is 2.45. The summed E-state index contributed by atoms with van der Waals surface area (Å²) in [7, 11) is -8.36. The van der Waals surface area contributed by atoms with Crippen LogP contribution in [0.3, 0.4) is 0 Å². The van der Waals surface area contributed by atoms with E-state index in [1.807, 2.05) is 30.3 Å². The van der Waals surface area contributed by atoms with Gasteiger partial charge in [0.05, 0.1) is 23.3 Å². The van der Waals surface area contributed by atoms with Gasteiger partial charge in [-0.3, -0.25) is 9.27 Å². The molecule has 5 aromatic carbocycles. The van der Waals surface area contributed by atoms with Crippen LogP contribution in [0.5, 0.6) is 5.75 Å². The van der Waals surface area contributed by atoms with Crippen molar-refractivity contribution in [3.05, 3.63) is 96.3 Å². The molecule has 0 atom stereocenters. The van der Waals surface area contributed by atoms with Gasteiger partial charge in [0.15, 0.2) is 5.75 Å². The summed E-state index contributed by atoms with van der Waals surface area (Å²) in [5, 5.41) is 27.4. The van der Waals surface area contributed by atoms with Crippen molar-refractivity contribution in [1.82, 2.24) is 15.0 Å². The van der Waals surface area contributed by atoms with Gasteiger partial charge in [0.2, 0.25) is 27.2 Å². The number of sulfonamides is 1. The molecule has 0 saturated heterocycles. The molecule has 47 heavy (non-hydrogen) atoms.